The number of nitrogens with zero attached hydrogens (tertiary/aromatic N) is 3. The maximum Gasteiger partial charge on any atom is 0.164 e. The molecule has 1 heterocycles. The second-order valence-corrected chi connectivity index (χ2v) is 10.3. The molecule has 0 N–H and O–H groups in total. The normalized spacial score (nSPS) is 11.9. The first-order valence-electron chi connectivity index (χ1n) is 13.0. The van der Waals surface area contributed by atoms with Gasteiger partial charge >= 0.3 is 0 Å². The molecule has 6 aromatic carbocycles. The second kappa shape index (κ2) is 7.80. The van der Waals surface area contributed by atoms with Gasteiger partial charge in [0.25, 0.3) is 0 Å². The summed E-state index contributed by atoms with van der Waals surface area (Å²) in [4.78, 5) is 15.0. The molecule has 178 valence electrons. The quantitative estimate of drug-likeness (QED) is 0.234. The maximum absolute atomic E-state index is 5.04. The van der Waals surface area contributed by atoms with E-state index in [1.807, 2.05) is 0 Å². The van der Waals surface area contributed by atoms with Gasteiger partial charge in [-0.2, -0.15) is 0 Å². The van der Waals surface area contributed by atoms with E-state index in [1.165, 1.54) is 54.6 Å². The molecule has 0 bridgehead atoms. The predicted molar refractivity (Wildman–Crippen MR) is 157 cm³/mol. The lowest BCUT2D eigenvalue weighted by molar-refractivity contribution is 1.08. The zero-order valence-corrected chi connectivity index (χ0v) is 21.2. The van der Waals surface area contributed by atoms with Gasteiger partial charge in [-0.05, 0) is 63.4 Å². The molecule has 0 fully saturated rings. The molecule has 0 aliphatic heterocycles. The van der Waals surface area contributed by atoms with E-state index in [4.69, 9.17) is 15.0 Å². The second-order valence-electron chi connectivity index (χ2n) is 10.3. The van der Waals surface area contributed by atoms with E-state index in [1.54, 1.807) is 0 Å². The summed E-state index contributed by atoms with van der Waals surface area (Å²) in [7, 11) is 0. The van der Waals surface area contributed by atoms with E-state index in [-0.39, 0.29) is 0 Å². The van der Waals surface area contributed by atoms with Crippen molar-refractivity contribution in [1.29, 1.82) is 0 Å². The molecule has 0 spiro atoms. The van der Waals surface area contributed by atoms with Gasteiger partial charge in [-0.1, -0.05) is 108 Å². The van der Waals surface area contributed by atoms with Gasteiger partial charge in [0.2, 0.25) is 0 Å². The lowest BCUT2D eigenvalue weighted by Gasteiger charge is -2.12. The Bertz CT molecular complexity index is 2010. The minimum atomic E-state index is 0.684. The summed E-state index contributed by atoms with van der Waals surface area (Å²) >= 11 is 0. The Morgan fingerprint density at radius 1 is 0.395 bits per heavy atom. The van der Waals surface area contributed by atoms with Gasteiger partial charge in [0, 0.05) is 16.7 Å². The monoisotopic (exact) mass is 485 g/mol. The molecule has 3 heteroatoms. The lowest BCUT2D eigenvalue weighted by Crippen LogP contribution is -2.00. The Hall–Kier alpha value is -4.89. The molecule has 0 unspecified atom stereocenters. The molecule has 0 radical (unpaired) electrons. The van der Waals surface area contributed by atoms with E-state index in [9.17, 15) is 0 Å². The van der Waals surface area contributed by atoms with Gasteiger partial charge < -0.3 is 0 Å². The minimum absolute atomic E-state index is 0.684. The number of rotatable bonds is 3. The number of hydrogen-bond donors (Lipinski definition) is 0. The fourth-order valence-electron chi connectivity index (χ4n) is 5.84. The highest BCUT2D eigenvalue weighted by Gasteiger charge is 2.23. The van der Waals surface area contributed by atoms with Crippen LogP contribution in [0, 0.1) is 13.8 Å². The van der Waals surface area contributed by atoms with Gasteiger partial charge in [-0.3, -0.25) is 0 Å². The minimum Gasteiger partial charge on any atom is -0.208 e. The summed E-state index contributed by atoms with van der Waals surface area (Å²) in [6.45, 7) is 4.18. The molecule has 8 rings (SSSR count). The topological polar surface area (TPSA) is 38.7 Å². The van der Waals surface area contributed by atoms with Gasteiger partial charge in [-0.25, -0.2) is 15.0 Å². The SMILES string of the molecule is Cc1ccc(-c2nc(-c3ccc(C)cc3)nc(-c3ccc4c5c3ccc3ccc6cccc-4c6c35)n2)cc1. The summed E-state index contributed by atoms with van der Waals surface area (Å²) in [5, 5.41) is 7.70. The van der Waals surface area contributed by atoms with Crippen LogP contribution in [0.2, 0.25) is 0 Å². The number of aryl methyl sites for hydroxylation is 2. The van der Waals surface area contributed by atoms with Crippen LogP contribution in [0.15, 0.2) is 103 Å². The van der Waals surface area contributed by atoms with Gasteiger partial charge in [-0.15, -0.1) is 0 Å². The smallest absolute Gasteiger partial charge is 0.164 e. The molecule has 1 aliphatic rings. The van der Waals surface area contributed by atoms with Crippen LogP contribution in [0.3, 0.4) is 0 Å². The molecule has 1 aromatic heterocycles. The Balaban J connectivity index is 1.42. The Morgan fingerprint density at radius 3 is 1.58 bits per heavy atom. The molecule has 0 saturated heterocycles. The average Bonchev–Trinajstić information content (AvgIpc) is 3.30. The van der Waals surface area contributed by atoms with Crippen molar-refractivity contribution in [3.05, 3.63) is 114 Å². The number of aromatic nitrogens is 3. The molecular weight excluding hydrogens is 462 g/mol. The van der Waals surface area contributed by atoms with Crippen molar-refractivity contribution in [3.63, 3.8) is 0 Å². The van der Waals surface area contributed by atoms with Crippen LogP contribution in [0.5, 0.6) is 0 Å². The summed E-state index contributed by atoms with van der Waals surface area (Å²) < 4.78 is 0. The van der Waals surface area contributed by atoms with Crippen LogP contribution in [0.1, 0.15) is 11.1 Å². The fourth-order valence-corrected chi connectivity index (χ4v) is 5.84. The first-order chi connectivity index (χ1) is 18.6. The third-order valence-corrected chi connectivity index (χ3v) is 7.79. The van der Waals surface area contributed by atoms with Crippen molar-refractivity contribution in [2.75, 3.05) is 0 Å². The Morgan fingerprint density at radius 2 is 0.921 bits per heavy atom. The van der Waals surface area contributed by atoms with Crippen LogP contribution >= 0.6 is 0 Å². The third kappa shape index (κ3) is 3.05. The number of hydrogen-bond acceptors (Lipinski definition) is 3. The van der Waals surface area contributed by atoms with Crippen LogP contribution in [-0.2, 0) is 0 Å². The van der Waals surface area contributed by atoms with Crippen LogP contribution < -0.4 is 0 Å². The Labute approximate surface area is 220 Å². The lowest BCUT2D eigenvalue weighted by atomic mass is 9.97. The highest BCUT2D eigenvalue weighted by Crippen LogP contribution is 2.49. The highest BCUT2D eigenvalue weighted by molar-refractivity contribution is 6.34. The zero-order valence-electron chi connectivity index (χ0n) is 21.2. The average molecular weight is 486 g/mol. The zero-order chi connectivity index (χ0) is 25.4. The van der Waals surface area contributed by atoms with Gasteiger partial charge in [0.1, 0.15) is 0 Å². The van der Waals surface area contributed by atoms with Crippen LogP contribution in [0.4, 0.5) is 0 Å². The van der Waals surface area contributed by atoms with Crippen molar-refractivity contribution in [2.24, 2.45) is 0 Å². The molecule has 0 amide bonds. The summed E-state index contributed by atoms with van der Waals surface area (Å²) in [6.07, 6.45) is 0. The molecule has 7 aromatic rings. The number of fused-ring (bicyclic) bond motifs is 1. The summed E-state index contributed by atoms with van der Waals surface area (Å²) in [6, 6.07) is 36.7. The standard InChI is InChI=1S/C35H23N3/c1-20-6-10-24(11-7-20)33-36-34(25-12-8-21(2)9-13-25)38-35(37-33)29-19-18-27-26-5-3-4-22-14-15-23-16-17-28(29)32(27)31(23)30(22)26/h3-19H,1-2H3. The van der Waals surface area contributed by atoms with E-state index in [2.05, 4.69) is 117 Å². The molecule has 0 atom stereocenters. The molecule has 38 heavy (non-hydrogen) atoms. The molecule has 0 saturated carbocycles. The van der Waals surface area contributed by atoms with Crippen molar-refractivity contribution in [2.45, 2.75) is 13.8 Å². The fraction of sp³-hybridized carbons (Fsp3) is 0.0571. The maximum atomic E-state index is 5.04. The molecule has 1 aliphatic carbocycles. The van der Waals surface area contributed by atoms with E-state index in [0.717, 1.165) is 16.7 Å². The molecular formula is C35H23N3. The third-order valence-electron chi connectivity index (χ3n) is 7.79. The Kier molecular flexibility index (Phi) is 4.36. The molecule has 3 nitrogen and oxygen atoms in total. The summed E-state index contributed by atoms with van der Waals surface area (Å²) in [5.74, 6) is 2.06. The first kappa shape index (κ1) is 21.2. The van der Waals surface area contributed by atoms with Crippen molar-refractivity contribution in [1.82, 2.24) is 15.0 Å². The van der Waals surface area contributed by atoms with E-state index < -0.39 is 0 Å². The van der Waals surface area contributed by atoms with Gasteiger partial charge in [0.05, 0.1) is 0 Å². The van der Waals surface area contributed by atoms with Gasteiger partial charge in [0.15, 0.2) is 17.5 Å². The van der Waals surface area contributed by atoms with Crippen molar-refractivity contribution >= 4 is 32.3 Å². The predicted octanol–water partition coefficient (Wildman–Crippen LogP) is 8.93. The van der Waals surface area contributed by atoms with Crippen molar-refractivity contribution in [3.8, 4) is 45.3 Å². The first-order valence-corrected chi connectivity index (χ1v) is 13.0. The van der Waals surface area contributed by atoms with Crippen molar-refractivity contribution < 1.29 is 0 Å². The van der Waals surface area contributed by atoms with Crippen LogP contribution in [0.25, 0.3) is 77.6 Å². The van der Waals surface area contributed by atoms with Crippen LogP contribution in [-0.4, -0.2) is 15.0 Å². The summed E-state index contributed by atoms with van der Waals surface area (Å²) in [5.41, 5.74) is 8.00. The van der Waals surface area contributed by atoms with E-state index >= 15 is 0 Å². The largest absolute Gasteiger partial charge is 0.208 e. The highest BCUT2D eigenvalue weighted by atomic mass is 15.0. The van der Waals surface area contributed by atoms with E-state index in [0.29, 0.717) is 17.5 Å². The number of benzene rings is 6.